The summed E-state index contributed by atoms with van der Waals surface area (Å²) in [6.45, 7) is 3.89. The molecule has 28 heavy (non-hydrogen) atoms. The van der Waals surface area contributed by atoms with Gasteiger partial charge in [0.1, 0.15) is 10.7 Å². The zero-order valence-corrected chi connectivity index (χ0v) is 16.9. The molecule has 0 aliphatic rings. The average Bonchev–Trinajstić information content (AvgIpc) is 3.02. The Labute approximate surface area is 171 Å². The quantitative estimate of drug-likeness (QED) is 0.491. The van der Waals surface area contributed by atoms with Crippen LogP contribution in [0.3, 0.4) is 0 Å². The molecular weight excluding hydrogens is 392 g/mol. The van der Waals surface area contributed by atoms with Crippen LogP contribution < -0.4 is 5.32 Å². The summed E-state index contributed by atoms with van der Waals surface area (Å²) in [5.74, 6) is -0.200. The molecule has 1 N–H and O–H groups in total. The lowest BCUT2D eigenvalue weighted by molar-refractivity contribution is 0.102. The van der Waals surface area contributed by atoms with Crippen LogP contribution in [0.5, 0.6) is 0 Å². The normalized spacial score (nSPS) is 11.0. The van der Waals surface area contributed by atoms with Gasteiger partial charge in [-0.2, -0.15) is 5.10 Å². The Morgan fingerprint density at radius 2 is 1.79 bits per heavy atom. The van der Waals surface area contributed by atoms with Crippen LogP contribution in [0.1, 0.15) is 21.7 Å². The second-order valence-electron chi connectivity index (χ2n) is 6.33. The van der Waals surface area contributed by atoms with Gasteiger partial charge in [-0.3, -0.25) is 4.79 Å². The number of hydrogen-bond donors (Lipinski definition) is 1. The minimum Gasteiger partial charge on any atom is -0.316 e. The van der Waals surface area contributed by atoms with E-state index in [4.69, 9.17) is 11.6 Å². The van der Waals surface area contributed by atoms with Gasteiger partial charge >= 0.3 is 0 Å². The Morgan fingerprint density at radius 1 is 1.07 bits per heavy atom. The van der Waals surface area contributed by atoms with Gasteiger partial charge < -0.3 is 5.32 Å². The van der Waals surface area contributed by atoms with Crippen molar-refractivity contribution in [3.63, 3.8) is 0 Å². The van der Waals surface area contributed by atoms with E-state index in [9.17, 15) is 4.79 Å². The van der Waals surface area contributed by atoms with Crippen LogP contribution in [0.4, 0.5) is 5.69 Å². The van der Waals surface area contributed by atoms with Crippen molar-refractivity contribution in [3.05, 3.63) is 82.6 Å². The fourth-order valence-corrected chi connectivity index (χ4v) is 3.86. The number of aryl methyl sites for hydroxylation is 2. The van der Waals surface area contributed by atoms with Crippen LogP contribution >= 0.6 is 23.4 Å². The maximum absolute atomic E-state index is 12.8. The molecule has 5 nitrogen and oxygen atoms in total. The van der Waals surface area contributed by atoms with Gasteiger partial charge in [-0.25, -0.2) is 9.50 Å². The molecule has 0 atom stereocenters. The van der Waals surface area contributed by atoms with Gasteiger partial charge in [0.15, 0.2) is 5.65 Å². The summed E-state index contributed by atoms with van der Waals surface area (Å²) < 4.78 is 1.76. The van der Waals surface area contributed by atoms with E-state index in [1.807, 2.05) is 62.4 Å². The van der Waals surface area contributed by atoms with Crippen molar-refractivity contribution in [1.82, 2.24) is 14.6 Å². The molecule has 4 aromatic rings. The van der Waals surface area contributed by atoms with Gasteiger partial charge in [0.05, 0.1) is 0 Å². The Balaban J connectivity index is 1.79. The third-order valence-corrected chi connectivity index (χ3v) is 5.40. The standard InChI is InChI=1S/C21H17ClN4OS/c1-13-12-14(2)26-19(23-13)18(24-20(27)15-6-4-3-5-7-15)21(25-26)28-17-10-8-16(22)9-11-17/h3-12H,1-2H3,(H,24,27). The molecular formula is C21H17ClN4OS. The van der Waals surface area contributed by atoms with Crippen LogP contribution in [0.2, 0.25) is 5.02 Å². The van der Waals surface area contributed by atoms with Crippen LogP contribution in [-0.2, 0) is 0 Å². The minimum absolute atomic E-state index is 0.200. The van der Waals surface area contributed by atoms with Crippen molar-refractivity contribution in [2.75, 3.05) is 5.32 Å². The third-order valence-electron chi connectivity index (χ3n) is 4.17. The van der Waals surface area contributed by atoms with Gasteiger partial charge in [-0.05, 0) is 56.3 Å². The number of carbonyl (C=O) groups excluding carboxylic acids is 1. The fraction of sp³-hybridized carbons (Fsp3) is 0.0952. The number of amides is 1. The summed E-state index contributed by atoms with van der Waals surface area (Å²) in [4.78, 5) is 18.4. The summed E-state index contributed by atoms with van der Waals surface area (Å²) in [6.07, 6.45) is 0. The number of carbonyl (C=O) groups is 1. The van der Waals surface area contributed by atoms with E-state index < -0.39 is 0 Å². The number of halogens is 1. The van der Waals surface area contributed by atoms with Gasteiger partial charge in [0.2, 0.25) is 0 Å². The SMILES string of the molecule is Cc1cc(C)n2nc(Sc3ccc(Cl)cc3)c(NC(=O)c3ccccc3)c2n1. The Morgan fingerprint density at radius 3 is 2.50 bits per heavy atom. The topological polar surface area (TPSA) is 59.3 Å². The molecule has 0 unspecified atom stereocenters. The molecule has 1 amide bonds. The van der Waals surface area contributed by atoms with Gasteiger partial charge in [-0.1, -0.05) is 41.6 Å². The Hall–Kier alpha value is -2.83. The lowest BCUT2D eigenvalue weighted by Gasteiger charge is -2.06. The van der Waals surface area contributed by atoms with Crippen molar-refractivity contribution in [3.8, 4) is 0 Å². The van der Waals surface area contributed by atoms with E-state index in [1.165, 1.54) is 11.8 Å². The van der Waals surface area contributed by atoms with Crippen LogP contribution in [0, 0.1) is 13.8 Å². The van der Waals surface area contributed by atoms with E-state index in [2.05, 4.69) is 15.4 Å². The van der Waals surface area contributed by atoms with Crippen molar-refractivity contribution < 1.29 is 4.79 Å². The van der Waals surface area contributed by atoms with Crippen molar-refractivity contribution in [2.24, 2.45) is 0 Å². The first kappa shape index (κ1) is 18.5. The molecule has 2 heterocycles. The highest BCUT2D eigenvalue weighted by molar-refractivity contribution is 7.99. The van der Waals surface area contributed by atoms with Gasteiger partial charge in [-0.15, -0.1) is 0 Å². The molecule has 2 aromatic heterocycles. The number of benzene rings is 2. The lowest BCUT2D eigenvalue weighted by atomic mass is 10.2. The van der Waals surface area contributed by atoms with Crippen LogP contribution in [-0.4, -0.2) is 20.5 Å². The Kier molecular flexibility index (Phi) is 5.07. The Bertz CT molecular complexity index is 1160. The molecule has 0 saturated carbocycles. The zero-order chi connectivity index (χ0) is 19.7. The lowest BCUT2D eigenvalue weighted by Crippen LogP contribution is -2.12. The molecule has 0 aliphatic heterocycles. The maximum atomic E-state index is 12.8. The van der Waals surface area contributed by atoms with Crippen molar-refractivity contribution in [1.29, 1.82) is 0 Å². The van der Waals surface area contributed by atoms with Gasteiger partial charge in [0.25, 0.3) is 5.91 Å². The number of anilines is 1. The van der Waals surface area contributed by atoms with E-state index in [0.29, 0.717) is 26.9 Å². The van der Waals surface area contributed by atoms with E-state index in [-0.39, 0.29) is 5.91 Å². The van der Waals surface area contributed by atoms with E-state index >= 15 is 0 Å². The molecule has 0 bridgehead atoms. The fourth-order valence-electron chi connectivity index (χ4n) is 2.87. The number of fused-ring (bicyclic) bond motifs is 1. The highest BCUT2D eigenvalue weighted by Gasteiger charge is 2.20. The molecule has 0 spiro atoms. The smallest absolute Gasteiger partial charge is 0.255 e. The molecule has 0 aliphatic carbocycles. The second kappa shape index (κ2) is 7.66. The predicted octanol–water partition coefficient (Wildman–Crippen LogP) is 5.40. The largest absolute Gasteiger partial charge is 0.316 e. The molecule has 0 fully saturated rings. The summed E-state index contributed by atoms with van der Waals surface area (Å²) in [7, 11) is 0. The second-order valence-corrected chi connectivity index (χ2v) is 7.83. The third kappa shape index (κ3) is 3.74. The predicted molar refractivity (Wildman–Crippen MR) is 112 cm³/mol. The van der Waals surface area contributed by atoms with Gasteiger partial charge in [0, 0.05) is 26.9 Å². The number of rotatable bonds is 4. The minimum atomic E-state index is -0.200. The number of hydrogen-bond acceptors (Lipinski definition) is 4. The summed E-state index contributed by atoms with van der Waals surface area (Å²) in [5.41, 5.74) is 3.61. The first-order valence-electron chi connectivity index (χ1n) is 8.68. The first-order chi connectivity index (χ1) is 13.5. The van der Waals surface area contributed by atoms with Crippen molar-refractivity contribution in [2.45, 2.75) is 23.8 Å². The summed E-state index contributed by atoms with van der Waals surface area (Å²) in [6, 6.07) is 18.6. The van der Waals surface area contributed by atoms with Crippen LogP contribution in [0.15, 0.2) is 70.6 Å². The molecule has 0 radical (unpaired) electrons. The maximum Gasteiger partial charge on any atom is 0.255 e. The molecule has 2 aromatic carbocycles. The number of nitrogens with one attached hydrogen (secondary N) is 1. The van der Waals surface area contributed by atoms with E-state index in [1.54, 1.807) is 16.6 Å². The van der Waals surface area contributed by atoms with E-state index in [0.717, 1.165) is 16.3 Å². The molecule has 4 rings (SSSR count). The highest BCUT2D eigenvalue weighted by Crippen LogP contribution is 2.36. The molecule has 0 saturated heterocycles. The molecule has 7 heteroatoms. The molecule has 140 valence electrons. The first-order valence-corrected chi connectivity index (χ1v) is 9.87. The average molecular weight is 409 g/mol. The van der Waals surface area contributed by atoms with Crippen molar-refractivity contribution >= 4 is 40.6 Å². The monoisotopic (exact) mass is 408 g/mol. The highest BCUT2D eigenvalue weighted by atomic mass is 35.5. The number of aromatic nitrogens is 3. The number of nitrogens with zero attached hydrogens (tertiary/aromatic N) is 3. The summed E-state index contributed by atoms with van der Waals surface area (Å²) >= 11 is 7.44. The zero-order valence-electron chi connectivity index (χ0n) is 15.3. The summed E-state index contributed by atoms with van der Waals surface area (Å²) in [5, 5.41) is 9.04. The van der Waals surface area contributed by atoms with Crippen LogP contribution in [0.25, 0.3) is 5.65 Å².